The van der Waals surface area contributed by atoms with Crippen molar-refractivity contribution in [3.05, 3.63) is 60.6 Å². The van der Waals surface area contributed by atoms with Crippen LogP contribution in [0.3, 0.4) is 0 Å². The van der Waals surface area contributed by atoms with Gasteiger partial charge in [-0.25, -0.2) is 4.98 Å². The number of likely N-dealkylation sites (N-methyl/N-ethyl adjacent to an activating group) is 1. The first-order chi connectivity index (χ1) is 10.3. The van der Waals surface area contributed by atoms with Crippen molar-refractivity contribution < 1.29 is 0 Å². The third kappa shape index (κ3) is 3.71. The first kappa shape index (κ1) is 15.1. The number of rotatable bonds is 5. The minimum absolute atomic E-state index is 0.333. The molecule has 0 aliphatic carbocycles. The second kappa shape index (κ2) is 7.00. The fraction of sp³-hybridized carbons (Fsp3) is 0.188. The normalized spacial score (nSPS) is 12.5. The summed E-state index contributed by atoms with van der Waals surface area (Å²) in [6, 6.07) is 12.9. The van der Waals surface area contributed by atoms with E-state index in [1.54, 1.807) is 22.7 Å². The highest BCUT2D eigenvalue weighted by Gasteiger charge is 2.14. The molecule has 0 fully saturated rings. The summed E-state index contributed by atoms with van der Waals surface area (Å²) in [7, 11) is 2.01. The Kier molecular flexibility index (Phi) is 5.05. The van der Waals surface area contributed by atoms with Gasteiger partial charge < -0.3 is 5.32 Å². The van der Waals surface area contributed by atoms with Gasteiger partial charge in [0.25, 0.3) is 0 Å². The van der Waals surface area contributed by atoms with Crippen LogP contribution in [0.15, 0.2) is 47.2 Å². The van der Waals surface area contributed by atoms with Gasteiger partial charge in [-0.2, -0.15) is 0 Å². The highest BCUT2D eigenvalue weighted by molar-refractivity contribution is 14.1. The summed E-state index contributed by atoms with van der Waals surface area (Å²) >= 11 is 5.90. The molecule has 0 bridgehead atoms. The van der Waals surface area contributed by atoms with Gasteiger partial charge in [0.1, 0.15) is 0 Å². The van der Waals surface area contributed by atoms with Crippen molar-refractivity contribution in [1.82, 2.24) is 10.3 Å². The van der Waals surface area contributed by atoms with E-state index in [1.807, 2.05) is 13.1 Å². The molecule has 2 aromatic heterocycles. The Hall–Kier alpha value is -0.760. The zero-order valence-electron chi connectivity index (χ0n) is 11.5. The quantitative estimate of drug-likeness (QED) is 0.583. The molecule has 5 heteroatoms. The van der Waals surface area contributed by atoms with Gasteiger partial charge >= 0.3 is 0 Å². The van der Waals surface area contributed by atoms with Crippen molar-refractivity contribution >= 4 is 45.3 Å². The predicted molar refractivity (Wildman–Crippen MR) is 100 cm³/mol. The lowest BCUT2D eigenvalue weighted by atomic mass is 10.1. The van der Waals surface area contributed by atoms with E-state index in [0.717, 1.165) is 12.1 Å². The Morgan fingerprint density at radius 1 is 1.19 bits per heavy atom. The average Bonchev–Trinajstić information content (AvgIpc) is 3.15. The molecular weight excluding hydrogens is 411 g/mol. The molecule has 0 aliphatic heterocycles. The highest BCUT2D eigenvalue weighted by atomic mass is 127. The van der Waals surface area contributed by atoms with Gasteiger partial charge in [-0.05, 0) is 46.6 Å². The van der Waals surface area contributed by atoms with E-state index in [-0.39, 0.29) is 0 Å². The first-order valence-electron chi connectivity index (χ1n) is 6.67. The molecule has 1 unspecified atom stereocenters. The maximum atomic E-state index is 4.78. The highest BCUT2D eigenvalue weighted by Crippen LogP contribution is 2.28. The Morgan fingerprint density at radius 2 is 2.00 bits per heavy atom. The fourth-order valence-corrected chi connectivity index (χ4v) is 4.49. The van der Waals surface area contributed by atoms with Crippen LogP contribution in [0.25, 0.3) is 11.3 Å². The van der Waals surface area contributed by atoms with Crippen LogP contribution in [0.4, 0.5) is 0 Å². The van der Waals surface area contributed by atoms with E-state index in [4.69, 9.17) is 4.98 Å². The Bertz CT molecular complexity index is 706. The maximum Gasteiger partial charge on any atom is 0.0951 e. The van der Waals surface area contributed by atoms with E-state index in [9.17, 15) is 0 Å². The van der Waals surface area contributed by atoms with Crippen LogP contribution in [0.5, 0.6) is 0 Å². The Balaban J connectivity index is 1.77. The molecule has 3 aromatic rings. The summed E-state index contributed by atoms with van der Waals surface area (Å²) in [5.74, 6) is 0. The van der Waals surface area contributed by atoms with Crippen LogP contribution in [0, 0.1) is 2.88 Å². The fourth-order valence-electron chi connectivity index (χ4n) is 2.21. The number of nitrogens with one attached hydrogen (secondary N) is 1. The van der Waals surface area contributed by atoms with Gasteiger partial charge in [0.15, 0.2) is 0 Å². The van der Waals surface area contributed by atoms with Crippen LogP contribution in [-0.4, -0.2) is 12.0 Å². The summed E-state index contributed by atoms with van der Waals surface area (Å²) in [5, 5.41) is 8.95. The Labute approximate surface area is 146 Å². The van der Waals surface area contributed by atoms with Crippen LogP contribution in [-0.2, 0) is 6.42 Å². The molecule has 0 spiro atoms. The van der Waals surface area contributed by atoms with Crippen molar-refractivity contribution in [2.45, 2.75) is 12.5 Å². The molecule has 0 saturated heterocycles. The largest absolute Gasteiger partial charge is 0.313 e. The third-order valence-corrected chi connectivity index (χ3v) is 6.02. The maximum absolute atomic E-state index is 4.78. The van der Waals surface area contributed by atoms with E-state index >= 15 is 0 Å². The molecule has 1 aromatic carbocycles. The molecule has 2 heterocycles. The smallest absolute Gasteiger partial charge is 0.0951 e. The standard InChI is InChI=1S/C16H15IN2S2/c1-18-13(12-7-15(17)20-9-12)8-16-19-14(10-21-16)11-5-3-2-4-6-11/h2-7,9-10,13,18H,8H2,1H3. The molecule has 2 nitrogen and oxygen atoms in total. The van der Waals surface area contributed by atoms with Crippen LogP contribution in [0.1, 0.15) is 16.6 Å². The molecule has 0 radical (unpaired) electrons. The van der Waals surface area contributed by atoms with Crippen molar-refractivity contribution in [2.24, 2.45) is 0 Å². The predicted octanol–water partition coefficient (Wildman–Crippen LogP) is 4.98. The minimum Gasteiger partial charge on any atom is -0.313 e. The van der Waals surface area contributed by atoms with Crippen molar-refractivity contribution in [3.63, 3.8) is 0 Å². The molecule has 21 heavy (non-hydrogen) atoms. The van der Waals surface area contributed by atoms with Crippen molar-refractivity contribution in [2.75, 3.05) is 7.05 Å². The minimum atomic E-state index is 0.333. The third-order valence-electron chi connectivity index (χ3n) is 3.34. The number of halogens is 1. The molecule has 0 aliphatic rings. The molecule has 0 amide bonds. The number of aromatic nitrogens is 1. The first-order valence-corrected chi connectivity index (χ1v) is 9.51. The van der Waals surface area contributed by atoms with Gasteiger partial charge in [-0.1, -0.05) is 30.3 Å². The van der Waals surface area contributed by atoms with Crippen LogP contribution in [0.2, 0.25) is 0 Å². The van der Waals surface area contributed by atoms with E-state index < -0.39 is 0 Å². The van der Waals surface area contributed by atoms with E-state index in [2.05, 4.69) is 69.0 Å². The molecular formula is C16H15IN2S2. The van der Waals surface area contributed by atoms with Gasteiger partial charge in [0, 0.05) is 23.4 Å². The molecule has 3 rings (SSSR count). The van der Waals surface area contributed by atoms with E-state index in [1.165, 1.54) is 19.0 Å². The molecule has 108 valence electrons. The summed E-state index contributed by atoms with van der Waals surface area (Å²) in [4.78, 5) is 4.78. The summed E-state index contributed by atoms with van der Waals surface area (Å²) in [6.45, 7) is 0. The number of nitrogens with zero attached hydrogens (tertiary/aromatic N) is 1. The van der Waals surface area contributed by atoms with Gasteiger partial charge in [-0.3, -0.25) is 0 Å². The second-order valence-corrected chi connectivity index (χ2v) is 8.47. The summed E-state index contributed by atoms with van der Waals surface area (Å²) in [6.07, 6.45) is 0.931. The average molecular weight is 426 g/mol. The Morgan fingerprint density at radius 3 is 2.67 bits per heavy atom. The van der Waals surface area contributed by atoms with Crippen LogP contribution < -0.4 is 5.32 Å². The van der Waals surface area contributed by atoms with E-state index in [0.29, 0.717) is 6.04 Å². The van der Waals surface area contributed by atoms with Crippen molar-refractivity contribution in [3.8, 4) is 11.3 Å². The van der Waals surface area contributed by atoms with Gasteiger partial charge in [0.2, 0.25) is 0 Å². The molecule has 1 N–H and O–H groups in total. The molecule has 0 saturated carbocycles. The lowest BCUT2D eigenvalue weighted by molar-refractivity contribution is 0.592. The number of thiazole rings is 1. The monoisotopic (exact) mass is 426 g/mol. The lowest BCUT2D eigenvalue weighted by Crippen LogP contribution is -2.18. The second-order valence-electron chi connectivity index (χ2n) is 4.72. The van der Waals surface area contributed by atoms with Crippen LogP contribution >= 0.6 is 45.3 Å². The zero-order valence-corrected chi connectivity index (χ0v) is 15.3. The van der Waals surface area contributed by atoms with Gasteiger partial charge in [0.05, 0.1) is 13.6 Å². The SMILES string of the molecule is CNC(Cc1nc(-c2ccccc2)cs1)c1csc(I)c1. The summed E-state index contributed by atoms with van der Waals surface area (Å²) < 4.78 is 1.33. The topological polar surface area (TPSA) is 24.9 Å². The lowest BCUT2D eigenvalue weighted by Gasteiger charge is -2.12. The van der Waals surface area contributed by atoms with Crippen molar-refractivity contribution in [1.29, 1.82) is 0 Å². The number of hydrogen-bond acceptors (Lipinski definition) is 4. The number of thiophene rings is 1. The molecule has 1 atom stereocenters. The summed E-state index contributed by atoms with van der Waals surface area (Å²) in [5.41, 5.74) is 3.61. The number of hydrogen-bond donors (Lipinski definition) is 1. The zero-order chi connectivity index (χ0) is 14.7. The van der Waals surface area contributed by atoms with Gasteiger partial charge in [-0.15, -0.1) is 22.7 Å². The number of benzene rings is 1.